The average Bonchev–Trinajstić information content (AvgIpc) is 2.60. The monoisotopic (exact) mass is 252 g/mol. The number of nitrogens with zero attached hydrogens (tertiary/aromatic N) is 1. The van der Waals surface area contributed by atoms with Crippen molar-refractivity contribution in [3.63, 3.8) is 0 Å². The number of benzene rings is 1. The van der Waals surface area contributed by atoms with Crippen LogP contribution in [0.1, 0.15) is 33.1 Å². The zero-order valence-electron chi connectivity index (χ0n) is 10.6. The van der Waals surface area contributed by atoms with E-state index >= 15 is 0 Å². The van der Waals surface area contributed by atoms with Crippen molar-refractivity contribution in [1.29, 1.82) is 0 Å². The molecular weight excluding hydrogens is 235 g/mol. The zero-order valence-corrected chi connectivity index (χ0v) is 10.6. The molecule has 2 rings (SSSR count). The summed E-state index contributed by atoms with van der Waals surface area (Å²) < 4.78 is 13.2. The fourth-order valence-corrected chi connectivity index (χ4v) is 2.54. The summed E-state index contributed by atoms with van der Waals surface area (Å²) in [6.07, 6.45) is 3.20. The van der Waals surface area contributed by atoms with Crippen LogP contribution in [0.5, 0.6) is 0 Å². The quantitative estimate of drug-likeness (QED) is 0.658. The van der Waals surface area contributed by atoms with Crippen LogP contribution in [0, 0.1) is 21.3 Å². The standard InChI is InChI=1S/C13H17FN2O2/c1-13(2)6-5-10(8-13)15-9-3-4-11(14)12(7-9)16(17)18/h3-4,7,10,15H,5-6,8H2,1-2H3. The third kappa shape index (κ3) is 2.78. The normalized spacial score (nSPS) is 21.8. The van der Waals surface area contributed by atoms with Gasteiger partial charge in [-0.15, -0.1) is 0 Å². The first-order chi connectivity index (χ1) is 8.37. The van der Waals surface area contributed by atoms with Gasteiger partial charge in [0.15, 0.2) is 0 Å². The van der Waals surface area contributed by atoms with E-state index in [1.165, 1.54) is 6.07 Å². The van der Waals surface area contributed by atoms with Crippen molar-refractivity contribution >= 4 is 11.4 Å². The van der Waals surface area contributed by atoms with Crippen molar-refractivity contribution in [2.24, 2.45) is 5.41 Å². The Morgan fingerprint density at radius 3 is 2.78 bits per heavy atom. The van der Waals surface area contributed by atoms with Gasteiger partial charge < -0.3 is 5.32 Å². The highest BCUT2D eigenvalue weighted by Crippen LogP contribution is 2.38. The van der Waals surface area contributed by atoms with Gasteiger partial charge in [-0.2, -0.15) is 4.39 Å². The lowest BCUT2D eigenvalue weighted by Gasteiger charge is -2.18. The number of anilines is 1. The van der Waals surface area contributed by atoms with E-state index in [0.717, 1.165) is 25.3 Å². The van der Waals surface area contributed by atoms with Gasteiger partial charge in [-0.1, -0.05) is 13.8 Å². The van der Waals surface area contributed by atoms with Gasteiger partial charge in [0.2, 0.25) is 5.82 Å². The Bertz CT molecular complexity index is 474. The Balaban J connectivity index is 2.11. The second kappa shape index (κ2) is 4.55. The average molecular weight is 252 g/mol. The summed E-state index contributed by atoms with van der Waals surface area (Å²) in [7, 11) is 0. The molecule has 0 bridgehead atoms. The molecule has 1 aromatic carbocycles. The summed E-state index contributed by atoms with van der Waals surface area (Å²) >= 11 is 0. The smallest absolute Gasteiger partial charge is 0.306 e. The summed E-state index contributed by atoms with van der Waals surface area (Å²) in [5.74, 6) is -0.794. The minimum atomic E-state index is -0.794. The number of nitro benzene ring substituents is 1. The van der Waals surface area contributed by atoms with Gasteiger partial charge in [-0.05, 0) is 36.8 Å². The van der Waals surface area contributed by atoms with Crippen molar-refractivity contribution in [2.75, 3.05) is 5.32 Å². The van der Waals surface area contributed by atoms with Gasteiger partial charge in [-0.3, -0.25) is 10.1 Å². The van der Waals surface area contributed by atoms with Gasteiger partial charge in [0, 0.05) is 17.8 Å². The van der Waals surface area contributed by atoms with Gasteiger partial charge in [-0.25, -0.2) is 0 Å². The second-order valence-corrected chi connectivity index (χ2v) is 5.67. The molecule has 1 atom stereocenters. The second-order valence-electron chi connectivity index (χ2n) is 5.67. The van der Waals surface area contributed by atoms with E-state index < -0.39 is 16.4 Å². The molecule has 0 amide bonds. The predicted octanol–water partition coefficient (Wildman–Crippen LogP) is 3.72. The molecule has 0 spiro atoms. The highest BCUT2D eigenvalue weighted by Gasteiger charge is 2.31. The number of halogens is 1. The lowest BCUT2D eigenvalue weighted by Crippen LogP contribution is -2.17. The minimum Gasteiger partial charge on any atom is -0.382 e. The summed E-state index contributed by atoms with van der Waals surface area (Å²) in [5, 5.41) is 13.9. The molecule has 1 aliphatic rings. The van der Waals surface area contributed by atoms with Crippen LogP contribution in [-0.4, -0.2) is 11.0 Å². The highest BCUT2D eigenvalue weighted by molar-refractivity contribution is 5.52. The molecule has 4 nitrogen and oxygen atoms in total. The van der Waals surface area contributed by atoms with Crippen LogP contribution in [0.2, 0.25) is 0 Å². The zero-order chi connectivity index (χ0) is 13.3. The Morgan fingerprint density at radius 2 is 2.22 bits per heavy atom. The lowest BCUT2D eigenvalue weighted by atomic mass is 9.92. The van der Waals surface area contributed by atoms with Crippen molar-refractivity contribution in [1.82, 2.24) is 0 Å². The molecule has 0 aromatic heterocycles. The van der Waals surface area contributed by atoms with Crippen molar-refractivity contribution in [2.45, 2.75) is 39.2 Å². The van der Waals surface area contributed by atoms with E-state index in [0.29, 0.717) is 17.1 Å². The van der Waals surface area contributed by atoms with E-state index in [9.17, 15) is 14.5 Å². The number of rotatable bonds is 3. The third-order valence-electron chi connectivity index (χ3n) is 3.48. The maximum absolute atomic E-state index is 13.2. The molecule has 1 N–H and O–H groups in total. The Labute approximate surface area is 105 Å². The molecular formula is C13H17FN2O2. The highest BCUT2D eigenvalue weighted by atomic mass is 19.1. The molecule has 1 aliphatic carbocycles. The van der Waals surface area contributed by atoms with E-state index in [1.807, 2.05) is 0 Å². The van der Waals surface area contributed by atoms with Crippen LogP contribution in [-0.2, 0) is 0 Å². The Morgan fingerprint density at radius 1 is 1.50 bits per heavy atom. The topological polar surface area (TPSA) is 55.2 Å². The SMILES string of the molecule is CC1(C)CCC(Nc2ccc(F)c([N+](=O)[O-])c2)C1. The van der Waals surface area contributed by atoms with E-state index in [1.54, 1.807) is 6.07 Å². The van der Waals surface area contributed by atoms with Crippen LogP contribution in [0.25, 0.3) is 0 Å². The Hall–Kier alpha value is -1.65. The first kappa shape index (κ1) is 12.8. The first-order valence-corrected chi connectivity index (χ1v) is 6.08. The van der Waals surface area contributed by atoms with Gasteiger partial charge in [0.05, 0.1) is 4.92 Å². The van der Waals surface area contributed by atoms with Crippen LogP contribution < -0.4 is 5.32 Å². The largest absolute Gasteiger partial charge is 0.382 e. The number of nitro groups is 1. The van der Waals surface area contributed by atoms with Gasteiger partial charge in [0.1, 0.15) is 0 Å². The first-order valence-electron chi connectivity index (χ1n) is 6.08. The summed E-state index contributed by atoms with van der Waals surface area (Å²) in [4.78, 5) is 9.96. The maximum atomic E-state index is 13.2. The van der Waals surface area contributed by atoms with Crippen LogP contribution >= 0.6 is 0 Å². The molecule has 1 fully saturated rings. The van der Waals surface area contributed by atoms with Crippen molar-refractivity contribution < 1.29 is 9.31 Å². The number of hydrogen-bond donors (Lipinski definition) is 1. The summed E-state index contributed by atoms with van der Waals surface area (Å²) in [6, 6.07) is 4.26. The van der Waals surface area contributed by atoms with E-state index in [2.05, 4.69) is 19.2 Å². The molecule has 0 heterocycles. The fraction of sp³-hybridized carbons (Fsp3) is 0.538. The minimum absolute atomic E-state index is 0.309. The number of hydrogen-bond acceptors (Lipinski definition) is 3. The van der Waals surface area contributed by atoms with Crippen LogP contribution in [0.3, 0.4) is 0 Å². The van der Waals surface area contributed by atoms with Crippen molar-refractivity contribution in [3.8, 4) is 0 Å². The predicted molar refractivity (Wildman–Crippen MR) is 68.1 cm³/mol. The number of nitrogens with one attached hydrogen (secondary N) is 1. The molecule has 1 aromatic rings. The molecule has 5 heteroatoms. The van der Waals surface area contributed by atoms with Crippen LogP contribution in [0.15, 0.2) is 18.2 Å². The van der Waals surface area contributed by atoms with Gasteiger partial charge >= 0.3 is 5.69 Å². The molecule has 1 saturated carbocycles. The molecule has 1 unspecified atom stereocenters. The fourth-order valence-electron chi connectivity index (χ4n) is 2.54. The Kier molecular flexibility index (Phi) is 3.24. The molecule has 0 radical (unpaired) electrons. The maximum Gasteiger partial charge on any atom is 0.306 e. The summed E-state index contributed by atoms with van der Waals surface area (Å²) in [5.41, 5.74) is 0.451. The summed E-state index contributed by atoms with van der Waals surface area (Å²) in [6.45, 7) is 4.42. The van der Waals surface area contributed by atoms with Crippen molar-refractivity contribution in [3.05, 3.63) is 34.1 Å². The van der Waals surface area contributed by atoms with E-state index in [-0.39, 0.29) is 0 Å². The lowest BCUT2D eigenvalue weighted by molar-refractivity contribution is -0.387. The third-order valence-corrected chi connectivity index (χ3v) is 3.48. The van der Waals surface area contributed by atoms with E-state index in [4.69, 9.17) is 0 Å². The molecule has 18 heavy (non-hydrogen) atoms. The molecule has 98 valence electrons. The molecule has 0 aliphatic heterocycles. The van der Waals surface area contributed by atoms with Crippen LogP contribution in [0.4, 0.5) is 15.8 Å². The molecule has 0 saturated heterocycles. The van der Waals surface area contributed by atoms with Gasteiger partial charge in [0.25, 0.3) is 0 Å².